The molecule has 0 aliphatic heterocycles. The van der Waals surface area contributed by atoms with Gasteiger partial charge < -0.3 is 20.5 Å². The van der Waals surface area contributed by atoms with E-state index in [2.05, 4.69) is 28.7 Å². The molecule has 0 radical (unpaired) electrons. The summed E-state index contributed by atoms with van der Waals surface area (Å²) in [5.41, 5.74) is 4.44. The van der Waals surface area contributed by atoms with Crippen LogP contribution in [0.25, 0.3) is 11.1 Å². The summed E-state index contributed by atoms with van der Waals surface area (Å²) in [6.45, 7) is 0.371. The Hall–Kier alpha value is -3.79. The van der Waals surface area contributed by atoms with Crippen LogP contribution < -0.4 is 10.6 Å². The number of benzene rings is 2. The lowest BCUT2D eigenvalue weighted by atomic mass is 9.98. The van der Waals surface area contributed by atoms with Crippen molar-refractivity contribution in [2.45, 2.75) is 24.8 Å². The zero-order valence-corrected chi connectivity index (χ0v) is 17.4. The van der Waals surface area contributed by atoms with Crippen LogP contribution in [0.3, 0.4) is 0 Å². The Morgan fingerprint density at radius 1 is 1.09 bits per heavy atom. The summed E-state index contributed by atoms with van der Waals surface area (Å²) >= 11 is 0. The number of carbonyl (C=O) groups is 3. The summed E-state index contributed by atoms with van der Waals surface area (Å²) in [7, 11) is 0. The molecule has 2 aliphatic carbocycles. The van der Waals surface area contributed by atoms with E-state index in [4.69, 9.17) is 16.3 Å². The third-order valence-electron chi connectivity index (χ3n) is 6.05. The van der Waals surface area contributed by atoms with E-state index in [-0.39, 0.29) is 31.4 Å². The van der Waals surface area contributed by atoms with Gasteiger partial charge in [0.1, 0.15) is 12.6 Å². The van der Waals surface area contributed by atoms with E-state index in [1.54, 1.807) is 0 Å². The van der Waals surface area contributed by atoms with E-state index in [1.807, 2.05) is 36.4 Å². The first kappa shape index (κ1) is 21.4. The Labute approximate surface area is 186 Å². The summed E-state index contributed by atoms with van der Waals surface area (Å²) in [5.74, 6) is 0.478. The monoisotopic (exact) mass is 432 g/mol. The van der Waals surface area contributed by atoms with Gasteiger partial charge in [0.2, 0.25) is 5.91 Å². The minimum Gasteiger partial charge on any atom is -0.481 e. The van der Waals surface area contributed by atoms with Crippen molar-refractivity contribution >= 4 is 18.0 Å². The second kappa shape index (κ2) is 9.15. The van der Waals surface area contributed by atoms with Crippen LogP contribution in [-0.2, 0) is 14.3 Å². The van der Waals surface area contributed by atoms with E-state index < -0.39 is 29.9 Å². The van der Waals surface area contributed by atoms with Crippen molar-refractivity contribution in [1.82, 2.24) is 10.6 Å². The zero-order valence-electron chi connectivity index (χ0n) is 17.4. The Morgan fingerprint density at radius 3 is 2.28 bits per heavy atom. The van der Waals surface area contributed by atoms with Crippen LogP contribution in [0.5, 0.6) is 0 Å². The molecule has 164 valence electrons. The SMILES string of the molecule is C#CCC(NC(=O)OCC1c2ccccc2-c2ccccc21)C(=O)NC[C@H]1C[C@H]1C(=O)O. The number of hydrogen-bond acceptors (Lipinski definition) is 4. The fraction of sp³-hybridized carbons (Fsp3) is 0.320. The van der Waals surface area contributed by atoms with E-state index in [0.29, 0.717) is 6.42 Å². The summed E-state index contributed by atoms with van der Waals surface area (Å²) in [6, 6.07) is 15.1. The molecule has 32 heavy (non-hydrogen) atoms. The smallest absolute Gasteiger partial charge is 0.407 e. The average Bonchev–Trinajstić information content (AvgIpc) is 3.51. The van der Waals surface area contributed by atoms with E-state index in [1.165, 1.54) is 0 Å². The summed E-state index contributed by atoms with van der Waals surface area (Å²) in [4.78, 5) is 35.8. The largest absolute Gasteiger partial charge is 0.481 e. The topological polar surface area (TPSA) is 105 Å². The van der Waals surface area contributed by atoms with Gasteiger partial charge in [0.05, 0.1) is 5.92 Å². The lowest BCUT2D eigenvalue weighted by Crippen LogP contribution is -2.47. The predicted octanol–water partition coefficient (Wildman–Crippen LogP) is 2.75. The average molecular weight is 432 g/mol. The highest BCUT2D eigenvalue weighted by Gasteiger charge is 2.43. The number of alkyl carbamates (subject to hydrolysis) is 1. The predicted molar refractivity (Wildman–Crippen MR) is 118 cm³/mol. The molecule has 1 fully saturated rings. The van der Waals surface area contributed by atoms with Gasteiger partial charge in [-0.1, -0.05) is 48.5 Å². The number of carboxylic acid groups (broad SMARTS) is 1. The number of hydrogen-bond donors (Lipinski definition) is 3. The molecular formula is C25H24N2O5. The number of carboxylic acids is 1. The van der Waals surface area contributed by atoms with Gasteiger partial charge >= 0.3 is 12.1 Å². The lowest BCUT2D eigenvalue weighted by Gasteiger charge is -2.18. The quantitative estimate of drug-likeness (QED) is 0.557. The van der Waals surface area contributed by atoms with Crippen molar-refractivity contribution in [3.8, 4) is 23.5 Å². The van der Waals surface area contributed by atoms with Gasteiger partial charge in [-0.15, -0.1) is 12.3 Å². The highest BCUT2D eigenvalue weighted by Crippen LogP contribution is 2.44. The highest BCUT2D eigenvalue weighted by atomic mass is 16.5. The third kappa shape index (κ3) is 4.45. The van der Waals surface area contributed by atoms with Gasteiger partial charge in [0.25, 0.3) is 0 Å². The van der Waals surface area contributed by atoms with E-state index in [9.17, 15) is 14.4 Å². The van der Waals surface area contributed by atoms with E-state index in [0.717, 1.165) is 22.3 Å². The first-order valence-corrected chi connectivity index (χ1v) is 10.5. The molecule has 2 aliphatic rings. The molecule has 7 heteroatoms. The standard InChI is InChI=1S/C25H24N2O5/c1-2-7-22(23(28)26-13-15-12-20(15)24(29)30)27-25(31)32-14-21-18-10-5-3-8-16(18)17-9-4-6-11-19(17)21/h1,3-6,8-11,15,20-22H,7,12-14H2,(H,26,28)(H,27,31)(H,29,30)/t15-,20-,22?/m1/s1. The molecule has 1 unspecified atom stereocenters. The number of fused-ring (bicyclic) bond motifs is 3. The summed E-state index contributed by atoms with van der Waals surface area (Å²) in [6.07, 6.45) is 5.17. The van der Waals surface area contributed by atoms with Gasteiger partial charge in [0, 0.05) is 18.9 Å². The molecule has 3 atom stereocenters. The van der Waals surface area contributed by atoms with Crippen LogP contribution >= 0.6 is 0 Å². The Balaban J connectivity index is 1.34. The molecule has 0 bridgehead atoms. The van der Waals surface area contributed by atoms with Crippen molar-refractivity contribution in [1.29, 1.82) is 0 Å². The lowest BCUT2D eigenvalue weighted by molar-refractivity contribution is -0.139. The molecule has 4 rings (SSSR count). The zero-order chi connectivity index (χ0) is 22.7. The Morgan fingerprint density at radius 2 is 1.72 bits per heavy atom. The summed E-state index contributed by atoms with van der Waals surface area (Å²) in [5, 5.41) is 14.2. The number of carbonyl (C=O) groups excluding carboxylic acids is 2. The van der Waals surface area contributed by atoms with Crippen molar-refractivity contribution in [2.24, 2.45) is 11.8 Å². The maximum Gasteiger partial charge on any atom is 0.407 e. The van der Waals surface area contributed by atoms with Crippen LogP contribution in [0.4, 0.5) is 4.79 Å². The molecule has 0 heterocycles. The molecule has 0 spiro atoms. The number of aliphatic carboxylic acids is 1. The van der Waals surface area contributed by atoms with Crippen LogP contribution in [0.2, 0.25) is 0 Å². The van der Waals surface area contributed by atoms with Crippen molar-refractivity contribution < 1.29 is 24.2 Å². The first-order chi connectivity index (χ1) is 15.5. The molecule has 2 aromatic carbocycles. The normalized spacial score (nSPS) is 19.1. The number of rotatable bonds is 8. The van der Waals surface area contributed by atoms with E-state index >= 15 is 0 Å². The molecule has 1 saturated carbocycles. The van der Waals surface area contributed by atoms with Gasteiger partial charge in [-0.05, 0) is 34.6 Å². The molecule has 7 nitrogen and oxygen atoms in total. The van der Waals surface area contributed by atoms with Gasteiger partial charge in [-0.3, -0.25) is 9.59 Å². The van der Waals surface area contributed by atoms with Crippen molar-refractivity contribution in [3.05, 3.63) is 59.7 Å². The molecular weight excluding hydrogens is 408 g/mol. The van der Waals surface area contributed by atoms with Gasteiger partial charge in [-0.25, -0.2) is 4.79 Å². The number of ether oxygens (including phenoxy) is 1. The molecule has 2 amide bonds. The Bertz CT molecular complexity index is 1040. The van der Waals surface area contributed by atoms with Crippen molar-refractivity contribution in [3.63, 3.8) is 0 Å². The highest BCUT2D eigenvalue weighted by molar-refractivity contribution is 5.86. The number of terminal acetylenes is 1. The van der Waals surface area contributed by atoms with Gasteiger partial charge in [0.15, 0.2) is 0 Å². The van der Waals surface area contributed by atoms with Crippen LogP contribution in [0.1, 0.15) is 29.9 Å². The second-order valence-corrected chi connectivity index (χ2v) is 8.12. The Kier molecular flexibility index (Phi) is 6.13. The molecule has 3 N–H and O–H groups in total. The van der Waals surface area contributed by atoms with Crippen molar-refractivity contribution in [2.75, 3.05) is 13.2 Å². The van der Waals surface area contributed by atoms with Crippen LogP contribution in [0, 0.1) is 24.2 Å². The molecule has 0 saturated heterocycles. The maximum absolute atomic E-state index is 12.4. The third-order valence-corrected chi connectivity index (χ3v) is 6.05. The fourth-order valence-electron chi connectivity index (χ4n) is 4.24. The summed E-state index contributed by atoms with van der Waals surface area (Å²) < 4.78 is 5.48. The first-order valence-electron chi connectivity index (χ1n) is 10.5. The molecule has 0 aromatic heterocycles. The minimum atomic E-state index is -0.947. The number of nitrogens with one attached hydrogen (secondary N) is 2. The minimum absolute atomic E-state index is 0.00303. The number of amides is 2. The van der Waals surface area contributed by atoms with Crippen LogP contribution in [0.15, 0.2) is 48.5 Å². The fourth-order valence-corrected chi connectivity index (χ4v) is 4.24. The second-order valence-electron chi connectivity index (χ2n) is 8.12. The maximum atomic E-state index is 12.4. The van der Waals surface area contributed by atoms with Crippen LogP contribution in [-0.4, -0.2) is 42.3 Å². The molecule has 2 aromatic rings. The van der Waals surface area contributed by atoms with Gasteiger partial charge in [-0.2, -0.15) is 0 Å².